The van der Waals surface area contributed by atoms with E-state index < -0.39 is 11.7 Å². The highest BCUT2D eigenvalue weighted by Crippen LogP contribution is 2.21. The fourth-order valence-corrected chi connectivity index (χ4v) is 1.79. The Bertz CT molecular complexity index is 651. The summed E-state index contributed by atoms with van der Waals surface area (Å²) in [6.07, 6.45) is 0. The summed E-state index contributed by atoms with van der Waals surface area (Å²) in [7, 11) is 0. The lowest BCUT2D eigenvalue weighted by molar-refractivity contribution is 0.102. The number of halogens is 4. The fraction of sp³-hybridized carbons (Fsp3) is 0. The van der Waals surface area contributed by atoms with Crippen molar-refractivity contribution in [2.75, 3.05) is 5.32 Å². The molecule has 4 nitrogen and oxygen atoms in total. The molecule has 0 fully saturated rings. The minimum absolute atomic E-state index is 0.0340. The second kappa shape index (κ2) is 5.69. The van der Waals surface area contributed by atoms with Crippen LogP contribution in [0.2, 0.25) is 15.3 Å². The molecule has 98 valence electrons. The highest BCUT2D eigenvalue weighted by molar-refractivity contribution is 6.34. The van der Waals surface area contributed by atoms with E-state index >= 15 is 0 Å². The van der Waals surface area contributed by atoms with Crippen molar-refractivity contribution in [3.8, 4) is 0 Å². The van der Waals surface area contributed by atoms with Crippen molar-refractivity contribution in [2.45, 2.75) is 0 Å². The van der Waals surface area contributed by atoms with Crippen molar-refractivity contribution < 1.29 is 9.18 Å². The van der Waals surface area contributed by atoms with E-state index in [2.05, 4.69) is 15.5 Å². The molecule has 0 saturated heterocycles. The normalized spacial score (nSPS) is 10.3. The fourth-order valence-electron chi connectivity index (χ4n) is 1.28. The number of rotatable bonds is 2. The number of amides is 1. The Hall–Kier alpha value is -1.43. The summed E-state index contributed by atoms with van der Waals surface area (Å²) in [5.41, 5.74) is 0.377. The van der Waals surface area contributed by atoms with Gasteiger partial charge in [-0.05, 0) is 24.3 Å². The van der Waals surface area contributed by atoms with Crippen LogP contribution >= 0.6 is 34.8 Å². The van der Waals surface area contributed by atoms with Crippen molar-refractivity contribution in [3.05, 3.63) is 51.0 Å². The number of anilines is 1. The van der Waals surface area contributed by atoms with Gasteiger partial charge in [-0.3, -0.25) is 4.79 Å². The number of hydrogen-bond acceptors (Lipinski definition) is 3. The molecule has 19 heavy (non-hydrogen) atoms. The number of aromatic nitrogens is 2. The molecule has 0 atom stereocenters. The van der Waals surface area contributed by atoms with E-state index in [0.717, 1.165) is 6.07 Å². The second-order valence-electron chi connectivity index (χ2n) is 3.45. The predicted molar refractivity (Wildman–Crippen MR) is 71.4 cm³/mol. The molecule has 0 aliphatic carbocycles. The number of carbonyl (C=O) groups is 1. The van der Waals surface area contributed by atoms with Crippen molar-refractivity contribution >= 4 is 46.4 Å². The molecule has 0 unspecified atom stereocenters. The summed E-state index contributed by atoms with van der Waals surface area (Å²) >= 11 is 17.0. The maximum Gasteiger partial charge on any atom is 0.258 e. The van der Waals surface area contributed by atoms with Crippen LogP contribution in [-0.2, 0) is 0 Å². The van der Waals surface area contributed by atoms with Crippen LogP contribution in [0.4, 0.5) is 10.1 Å². The van der Waals surface area contributed by atoms with Crippen LogP contribution in [0.15, 0.2) is 24.3 Å². The second-order valence-corrected chi connectivity index (χ2v) is 4.61. The molecule has 0 aliphatic rings. The molecule has 1 aromatic heterocycles. The SMILES string of the molecule is O=C(Nc1ccc(F)c(Cl)c1)c1cc(Cl)nnc1Cl. The van der Waals surface area contributed by atoms with Gasteiger partial charge in [-0.25, -0.2) is 4.39 Å². The summed E-state index contributed by atoms with van der Waals surface area (Å²) < 4.78 is 13.0. The van der Waals surface area contributed by atoms with Gasteiger partial charge in [0, 0.05) is 5.69 Å². The number of hydrogen-bond donors (Lipinski definition) is 1. The minimum atomic E-state index is -0.577. The van der Waals surface area contributed by atoms with E-state index in [1.165, 1.54) is 18.2 Å². The summed E-state index contributed by atoms with van der Waals surface area (Å²) in [6, 6.07) is 5.05. The molecule has 0 aliphatic heterocycles. The van der Waals surface area contributed by atoms with Crippen molar-refractivity contribution in [2.24, 2.45) is 0 Å². The molecule has 1 amide bonds. The average Bonchev–Trinajstić information content (AvgIpc) is 2.36. The Balaban J connectivity index is 2.25. The van der Waals surface area contributed by atoms with Crippen LogP contribution in [-0.4, -0.2) is 16.1 Å². The largest absolute Gasteiger partial charge is 0.322 e. The van der Waals surface area contributed by atoms with Crippen molar-refractivity contribution in [1.29, 1.82) is 0 Å². The minimum Gasteiger partial charge on any atom is -0.322 e. The van der Waals surface area contributed by atoms with Gasteiger partial charge < -0.3 is 5.32 Å². The zero-order chi connectivity index (χ0) is 14.0. The third kappa shape index (κ3) is 3.32. The number of benzene rings is 1. The molecule has 1 aromatic carbocycles. The predicted octanol–water partition coefficient (Wildman–Crippen LogP) is 3.83. The van der Waals surface area contributed by atoms with E-state index in [1.54, 1.807) is 0 Å². The topological polar surface area (TPSA) is 54.9 Å². The highest BCUT2D eigenvalue weighted by Gasteiger charge is 2.14. The molecule has 0 bridgehead atoms. The van der Waals surface area contributed by atoms with E-state index in [0.29, 0.717) is 5.69 Å². The zero-order valence-electron chi connectivity index (χ0n) is 9.12. The first-order valence-electron chi connectivity index (χ1n) is 4.92. The summed E-state index contributed by atoms with van der Waals surface area (Å²) in [6.45, 7) is 0. The molecule has 0 radical (unpaired) electrons. The number of nitrogens with zero attached hydrogens (tertiary/aromatic N) is 2. The van der Waals surface area contributed by atoms with Gasteiger partial charge in [0.05, 0.1) is 10.6 Å². The summed E-state index contributed by atoms with van der Waals surface area (Å²) in [5.74, 6) is -1.13. The van der Waals surface area contributed by atoms with Gasteiger partial charge in [-0.15, -0.1) is 10.2 Å². The Kier molecular flexibility index (Phi) is 4.19. The van der Waals surface area contributed by atoms with Crippen LogP contribution in [0.5, 0.6) is 0 Å². The van der Waals surface area contributed by atoms with E-state index in [9.17, 15) is 9.18 Å². The van der Waals surface area contributed by atoms with Crippen molar-refractivity contribution in [1.82, 2.24) is 10.2 Å². The zero-order valence-corrected chi connectivity index (χ0v) is 11.4. The number of carbonyl (C=O) groups excluding carboxylic acids is 1. The first-order valence-corrected chi connectivity index (χ1v) is 6.06. The molecule has 2 rings (SSSR count). The van der Waals surface area contributed by atoms with Gasteiger partial charge in [0.2, 0.25) is 0 Å². The van der Waals surface area contributed by atoms with Gasteiger partial charge in [0.15, 0.2) is 10.3 Å². The third-order valence-electron chi connectivity index (χ3n) is 2.14. The van der Waals surface area contributed by atoms with E-state index in [1.807, 2.05) is 0 Å². The molecule has 1 heterocycles. The van der Waals surface area contributed by atoms with Crippen LogP contribution in [0, 0.1) is 5.82 Å². The maximum atomic E-state index is 13.0. The highest BCUT2D eigenvalue weighted by atomic mass is 35.5. The molecule has 0 saturated carbocycles. The molecule has 1 N–H and O–H groups in total. The first kappa shape index (κ1) is 14.0. The standard InChI is InChI=1S/C11H5Cl3FN3O/c12-7-3-5(1-2-8(7)15)16-11(19)6-4-9(13)17-18-10(6)14/h1-4H,(H,16,19). The summed E-state index contributed by atoms with van der Waals surface area (Å²) in [4.78, 5) is 11.9. The Morgan fingerprint density at radius 3 is 2.58 bits per heavy atom. The van der Waals surface area contributed by atoms with Crippen LogP contribution < -0.4 is 5.32 Å². The Morgan fingerprint density at radius 1 is 1.16 bits per heavy atom. The maximum absolute atomic E-state index is 13.0. The average molecular weight is 321 g/mol. The smallest absolute Gasteiger partial charge is 0.258 e. The van der Waals surface area contributed by atoms with Gasteiger partial charge in [0.25, 0.3) is 5.91 Å². The van der Waals surface area contributed by atoms with Gasteiger partial charge in [-0.2, -0.15) is 0 Å². The van der Waals surface area contributed by atoms with Crippen LogP contribution in [0.1, 0.15) is 10.4 Å². The van der Waals surface area contributed by atoms with E-state index in [-0.39, 0.29) is 20.9 Å². The monoisotopic (exact) mass is 319 g/mol. The number of nitrogens with one attached hydrogen (secondary N) is 1. The summed E-state index contributed by atoms with van der Waals surface area (Å²) in [5, 5.41) is 9.33. The van der Waals surface area contributed by atoms with Crippen LogP contribution in [0.3, 0.4) is 0 Å². The Labute approximate surface area is 122 Å². The van der Waals surface area contributed by atoms with Crippen molar-refractivity contribution in [3.63, 3.8) is 0 Å². The van der Waals surface area contributed by atoms with Gasteiger partial charge in [-0.1, -0.05) is 34.8 Å². The van der Waals surface area contributed by atoms with E-state index in [4.69, 9.17) is 34.8 Å². The third-order valence-corrected chi connectivity index (χ3v) is 2.89. The first-order chi connectivity index (χ1) is 8.97. The lowest BCUT2D eigenvalue weighted by Gasteiger charge is -2.06. The lowest BCUT2D eigenvalue weighted by Crippen LogP contribution is -2.13. The molecular formula is C11H5Cl3FN3O. The van der Waals surface area contributed by atoms with Gasteiger partial charge in [0.1, 0.15) is 5.82 Å². The quantitative estimate of drug-likeness (QED) is 0.915. The molecular weight excluding hydrogens is 315 g/mol. The van der Waals surface area contributed by atoms with Gasteiger partial charge >= 0.3 is 0 Å². The molecule has 2 aromatic rings. The Morgan fingerprint density at radius 2 is 1.89 bits per heavy atom. The lowest BCUT2D eigenvalue weighted by atomic mass is 10.2. The molecule has 0 spiro atoms. The molecule has 8 heteroatoms. The van der Waals surface area contributed by atoms with Crippen LogP contribution in [0.25, 0.3) is 0 Å².